The molecule has 0 saturated heterocycles. The first-order valence-corrected chi connectivity index (χ1v) is 4.27. The van der Waals surface area contributed by atoms with Crippen LogP contribution in [0.1, 0.15) is 5.56 Å². The second-order valence-electron chi connectivity index (χ2n) is 2.70. The van der Waals surface area contributed by atoms with Crippen molar-refractivity contribution in [3.05, 3.63) is 36.8 Å². The first-order valence-electron chi connectivity index (χ1n) is 4.27. The lowest BCUT2D eigenvalue weighted by Crippen LogP contribution is -1.94. The summed E-state index contributed by atoms with van der Waals surface area (Å²) in [5.74, 6) is 0. The van der Waals surface area contributed by atoms with Crippen LogP contribution in [-0.4, -0.2) is 14.1 Å². The molecule has 0 atom stereocenters. The van der Waals surface area contributed by atoms with Crippen LogP contribution in [0.25, 0.3) is 6.08 Å². The SMILES string of the molecule is [CH2]/C=C/c1ccc(NC)cc1NC. The van der Waals surface area contributed by atoms with Crippen molar-refractivity contribution in [3.63, 3.8) is 0 Å². The lowest BCUT2D eigenvalue weighted by Gasteiger charge is -2.08. The van der Waals surface area contributed by atoms with Crippen LogP contribution in [0, 0.1) is 6.92 Å². The van der Waals surface area contributed by atoms with Crippen molar-refractivity contribution in [3.8, 4) is 0 Å². The molecule has 0 amide bonds. The fourth-order valence-corrected chi connectivity index (χ4v) is 1.20. The molecule has 2 nitrogen and oxygen atoms in total. The van der Waals surface area contributed by atoms with Crippen molar-refractivity contribution in [2.75, 3.05) is 24.7 Å². The maximum atomic E-state index is 3.67. The summed E-state index contributed by atoms with van der Waals surface area (Å²) in [7, 11) is 3.82. The zero-order chi connectivity index (χ0) is 9.68. The highest BCUT2D eigenvalue weighted by molar-refractivity contribution is 5.71. The molecule has 0 bridgehead atoms. The van der Waals surface area contributed by atoms with Crippen LogP contribution >= 0.6 is 0 Å². The second kappa shape index (κ2) is 4.55. The molecule has 0 aromatic heterocycles. The number of hydrogen-bond acceptors (Lipinski definition) is 2. The normalized spacial score (nSPS) is 10.4. The molecule has 1 aromatic rings. The van der Waals surface area contributed by atoms with E-state index in [1.54, 1.807) is 6.08 Å². The Morgan fingerprint density at radius 3 is 2.54 bits per heavy atom. The molecule has 0 spiro atoms. The van der Waals surface area contributed by atoms with Crippen molar-refractivity contribution >= 4 is 17.5 Å². The van der Waals surface area contributed by atoms with Crippen molar-refractivity contribution in [2.24, 2.45) is 0 Å². The van der Waals surface area contributed by atoms with Crippen LogP contribution in [0.15, 0.2) is 24.3 Å². The van der Waals surface area contributed by atoms with Crippen LogP contribution in [-0.2, 0) is 0 Å². The summed E-state index contributed by atoms with van der Waals surface area (Å²) in [5, 5.41) is 6.23. The van der Waals surface area contributed by atoms with Crippen molar-refractivity contribution in [1.29, 1.82) is 0 Å². The van der Waals surface area contributed by atoms with E-state index in [1.165, 1.54) is 0 Å². The highest BCUT2D eigenvalue weighted by atomic mass is 14.9. The molecule has 0 aliphatic carbocycles. The third-order valence-electron chi connectivity index (χ3n) is 1.91. The fourth-order valence-electron chi connectivity index (χ4n) is 1.20. The molecule has 0 aliphatic rings. The molecule has 2 N–H and O–H groups in total. The Kier molecular flexibility index (Phi) is 3.38. The molecule has 1 radical (unpaired) electrons. The monoisotopic (exact) mass is 175 g/mol. The Bertz CT molecular complexity index is 303. The predicted molar refractivity (Wildman–Crippen MR) is 59.9 cm³/mol. The third kappa shape index (κ3) is 2.25. The van der Waals surface area contributed by atoms with E-state index >= 15 is 0 Å². The predicted octanol–water partition coefficient (Wildman–Crippen LogP) is 2.62. The molecule has 0 saturated carbocycles. The van der Waals surface area contributed by atoms with Crippen LogP contribution < -0.4 is 10.6 Å². The maximum Gasteiger partial charge on any atom is 0.0431 e. The second-order valence-corrected chi connectivity index (χ2v) is 2.70. The van der Waals surface area contributed by atoms with Gasteiger partial charge in [-0.3, -0.25) is 0 Å². The molecule has 1 rings (SSSR count). The lowest BCUT2D eigenvalue weighted by atomic mass is 10.1. The molecule has 0 unspecified atom stereocenters. The van der Waals surface area contributed by atoms with Crippen LogP contribution in [0.3, 0.4) is 0 Å². The molecule has 0 aliphatic heterocycles. The van der Waals surface area contributed by atoms with Gasteiger partial charge in [0.15, 0.2) is 0 Å². The summed E-state index contributed by atoms with van der Waals surface area (Å²) in [5.41, 5.74) is 3.36. The number of nitrogens with one attached hydrogen (secondary N) is 2. The van der Waals surface area contributed by atoms with Gasteiger partial charge in [0.25, 0.3) is 0 Å². The van der Waals surface area contributed by atoms with E-state index in [9.17, 15) is 0 Å². The van der Waals surface area contributed by atoms with E-state index < -0.39 is 0 Å². The minimum absolute atomic E-state index is 1.10. The summed E-state index contributed by atoms with van der Waals surface area (Å²) in [6.45, 7) is 3.67. The minimum Gasteiger partial charge on any atom is -0.388 e. The van der Waals surface area contributed by atoms with Gasteiger partial charge in [0.1, 0.15) is 0 Å². The minimum atomic E-state index is 1.10. The van der Waals surface area contributed by atoms with Gasteiger partial charge in [-0.2, -0.15) is 0 Å². The van der Waals surface area contributed by atoms with Crippen molar-refractivity contribution in [1.82, 2.24) is 0 Å². The fraction of sp³-hybridized carbons (Fsp3) is 0.182. The summed E-state index contributed by atoms with van der Waals surface area (Å²) in [4.78, 5) is 0. The molecular formula is C11H15N2. The van der Waals surface area contributed by atoms with E-state index in [-0.39, 0.29) is 0 Å². The van der Waals surface area contributed by atoms with E-state index in [2.05, 4.69) is 29.7 Å². The van der Waals surface area contributed by atoms with E-state index in [4.69, 9.17) is 0 Å². The number of hydrogen-bond donors (Lipinski definition) is 2. The first kappa shape index (κ1) is 9.65. The van der Waals surface area contributed by atoms with Gasteiger partial charge in [-0.25, -0.2) is 0 Å². The molecular weight excluding hydrogens is 160 g/mol. The van der Waals surface area contributed by atoms with Gasteiger partial charge in [0, 0.05) is 25.5 Å². The van der Waals surface area contributed by atoms with Gasteiger partial charge >= 0.3 is 0 Å². The average molecular weight is 175 g/mol. The van der Waals surface area contributed by atoms with Gasteiger partial charge in [0.05, 0.1) is 0 Å². The maximum absolute atomic E-state index is 3.67. The standard InChI is InChI=1S/C11H15N2/c1-4-5-9-6-7-10(12-2)8-11(9)13-3/h4-8,12-13H,1H2,2-3H3/b5-4+. The smallest absolute Gasteiger partial charge is 0.0431 e. The zero-order valence-corrected chi connectivity index (χ0v) is 8.09. The van der Waals surface area contributed by atoms with Crippen LogP contribution in [0.5, 0.6) is 0 Å². The van der Waals surface area contributed by atoms with E-state index in [0.29, 0.717) is 0 Å². The van der Waals surface area contributed by atoms with Gasteiger partial charge in [-0.15, -0.1) is 0 Å². The number of rotatable bonds is 3. The molecule has 13 heavy (non-hydrogen) atoms. The Labute approximate surface area is 79.7 Å². The highest BCUT2D eigenvalue weighted by Crippen LogP contribution is 2.21. The molecule has 0 fully saturated rings. The van der Waals surface area contributed by atoms with Gasteiger partial charge in [-0.1, -0.05) is 18.2 Å². The topological polar surface area (TPSA) is 24.1 Å². The number of benzene rings is 1. The Morgan fingerprint density at radius 2 is 2.00 bits per heavy atom. The quantitative estimate of drug-likeness (QED) is 0.738. The Balaban J connectivity index is 3.07. The lowest BCUT2D eigenvalue weighted by molar-refractivity contribution is 1.45. The number of allylic oxidation sites excluding steroid dienone is 1. The number of anilines is 2. The van der Waals surface area contributed by atoms with Gasteiger partial charge in [-0.05, 0) is 24.6 Å². The van der Waals surface area contributed by atoms with E-state index in [0.717, 1.165) is 16.9 Å². The largest absolute Gasteiger partial charge is 0.388 e. The summed E-state index contributed by atoms with van der Waals surface area (Å²) < 4.78 is 0. The highest BCUT2D eigenvalue weighted by Gasteiger charge is 1.97. The molecule has 69 valence electrons. The molecule has 1 aromatic carbocycles. The van der Waals surface area contributed by atoms with Gasteiger partial charge < -0.3 is 10.6 Å². The molecule has 2 heteroatoms. The summed E-state index contributed by atoms with van der Waals surface area (Å²) in [6, 6.07) is 6.16. The van der Waals surface area contributed by atoms with Crippen molar-refractivity contribution in [2.45, 2.75) is 0 Å². The average Bonchev–Trinajstić information content (AvgIpc) is 2.19. The van der Waals surface area contributed by atoms with Gasteiger partial charge in [0.2, 0.25) is 0 Å². The van der Waals surface area contributed by atoms with Crippen molar-refractivity contribution < 1.29 is 0 Å². The summed E-state index contributed by atoms with van der Waals surface area (Å²) >= 11 is 0. The van der Waals surface area contributed by atoms with E-state index in [1.807, 2.05) is 26.2 Å². The zero-order valence-electron chi connectivity index (χ0n) is 8.09. The Hall–Kier alpha value is -1.44. The van der Waals surface area contributed by atoms with Crippen LogP contribution in [0.2, 0.25) is 0 Å². The molecule has 0 heterocycles. The van der Waals surface area contributed by atoms with Crippen LogP contribution in [0.4, 0.5) is 11.4 Å². The first-order chi connectivity index (χ1) is 6.31. The summed E-state index contributed by atoms with van der Waals surface area (Å²) in [6.07, 6.45) is 3.76. The third-order valence-corrected chi connectivity index (χ3v) is 1.91. The Morgan fingerprint density at radius 1 is 1.23 bits per heavy atom.